The lowest BCUT2D eigenvalue weighted by atomic mass is 9.90. The van der Waals surface area contributed by atoms with Gasteiger partial charge in [-0.15, -0.1) is 0 Å². The Bertz CT molecular complexity index is 5550. The number of Topliss-reactive ketones (excluding diaryl/α,β-unsaturated/α-hetero) is 3. The number of likely N-dealkylation sites (tertiary alicyclic amines) is 3. The first-order chi connectivity index (χ1) is 63.8. The van der Waals surface area contributed by atoms with E-state index in [1.165, 1.54) is 137 Å². The first kappa shape index (κ1) is 92.9. The Morgan fingerprint density at radius 3 is 0.878 bits per heavy atom. The summed E-state index contributed by atoms with van der Waals surface area (Å²) in [6.07, 6.45) is 3.48. The second-order valence-electron chi connectivity index (χ2n) is 32.7. The maximum Gasteiger partial charge on any atom is 0.295 e. The van der Waals surface area contributed by atoms with Crippen LogP contribution < -0.4 is 52.4 Å². The molecule has 0 aliphatic carbocycles. The number of aromatic nitrogens is 1. The number of piperazine rings is 3. The Labute approximate surface area is 764 Å². The van der Waals surface area contributed by atoms with Gasteiger partial charge in [0.1, 0.15) is 23.9 Å². The van der Waals surface area contributed by atoms with Gasteiger partial charge in [0.2, 0.25) is 35.0 Å². The van der Waals surface area contributed by atoms with Crippen molar-refractivity contribution in [3.63, 3.8) is 0 Å². The van der Waals surface area contributed by atoms with Crippen LogP contribution in [-0.2, 0) is 28.8 Å². The monoisotopic (exact) mass is 1780 g/mol. The van der Waals surface area contributed by atoms with Gasteiger partial charge in [0.15, 0.2) is 34.5 Å². The molecule has 0 saturated carbocycles. The lowest BCUT2D eigenvalue weighted by Gasteiger charge is -2.41. The second-order valence-corrected chi connectivity index (χ2v) is 32.7. The standard InChI is InChI=1S/C39H41N3O6.C33H37N3O6.C31H34N4O6/c1-46-32-25-30(26-33(47-2)37(32)48-3)36(43)39(45)42-20-19-31(27-13-7-4-8-14-27)35(42)38(44)41-23-21-40(22-24-41)34(28-15-9-5-10-16-28)29-17-11-6-12-18-29;1-22-10-8-9-13-26(22)34-16-18-35(19-17-34)32(38)29-25(23-11-6-5-7-12-23)14-15-36(29)33(39)30(37)24-20-27(40-2)31(42-4)28(21-24)41-3;1-39-24-19-22(20-25(40-2)29(24)41-3)28(36)31(38)35-14-12-23(21-9-5-4-6-10-21)27(35)30(37)34-17-15-33(16-18-34)26-11-7-8-13-32-26/h4-18,25-26,31,34-35H,19-24H2,1-3H3;5-13,20-21,25,29H,14-19H2,1-4H3;4-11,13,19-20,23,27H,12,14-18H2,1-3H3/t31-,35+;25-,29+;23-,27+/m111/s1. The van der Waals surface area contributed by atoms with Crippen LogP contribution in [0.15, 0.2) is 237 Å². The number of carbonyl (C=O) groups is 9. The molecule has 6 saturated heterocycles. The number of hydrogen-bond donors (Lipinski definition) is 0. The number of amides is 6. The van der Waals surface area contributed by atoms with Crippen molar-refractivity contribution >= 4 is 64.3 Å². The van der Waals surface area contributed by atoms with Crippen LogP contribution >= 0.6 is 0 Å². The third kappa shape index (κ3) is 20.3. The molecule has 9 aromatic carbocycles. The largest absolute Gasteiger partial charge is 0.493 e. The highest BCUT2D eigenvalue weighted by Crippen LogP contribution is 2.45. The van der Waals surface area contributed by atoms with Gasteiger partial charge in [-0.05, 0) is 114 Å². The Morgan fingerprint density at radius 2 is 0.588 bits per heavy atom. The molecule has 0 spiro atoms. The van der Waals surface area contributed by atoms with Crippen LogP contribution in [0.4, 0.5) is 11.5 Å². The predicted octanol–water partition coefficient (Wildman–Crippen LogP) is 12.2. The average Bonchev–Trinajstić information content (AvgIpc) is 1.64. The number of anilines is 2. The van der Waals surface area contributed by atoms with Crippen molar-refractivity contribution in [2.24, 2.45) is 0 Å². The summed E-state index contributed by atoms with van der Waals surface area (Å²) in [4.78, 5) is 147. The van der Waals surface area contributed by atoms with Gasteiger partial charge in [-0.25, -0.2) is 4.98 Å². The number of carbonyl (C=O) groups excluding carboxylic acids is 9. The van der Waals surface area contributed by atoms with Gasteiger partial charge in [-0.1, -0.05) is 176 Å². The van der Waals surface area contributed by atoms with Gasteiger partial charge in [-0.2, -0.15) is 0 Å². The van der Waals surface area contributed by atoms with Crippen LogP contribution in [0, 0.1) is 6.92 Å². The van der Waals surface area contributed by atoms with Crippen LogP contribution in [0.25, 0.3) is 0 Å². The summed E-state index contributed by atoms with van der Waals surface area (Å²) in [6, 6.07) is 70.6. The highest BCUT2D eigenvalue weighted by Gasteiger charge is 2.50. The molecule has 0 unspecified atom stereocenters. The van der Waals surface area contributed by atoms with Crippen LogP contribution in [0.1, 0.15) is 108 Å². The van der Waals surface area contributed by atoms with Crippen molar-refractivity contribution in [3.8, 4) is 51.7 Å². The third-order valence-electron chi connectivity index (χ3n) is 25.6. The summed E-state index contributed by atoms with van der Waals surface area (Å²) in [5, 5.41) is 0. The third-order valence-corrected chi connectivity index (χ3v) is 25.6. The van der Waals surface area contributed by atoms with Gasteiger partial charge in [0.05, 0.1) is 70.0 Å². The van der Waals surface area contributed by atoms with E-state index in [4.69, 9.17) is 42.6 Å². The summed E-state index contributed by atoms with van der Waals surface area (Å²) in [5.41, 5.74) is 7.98. The molecule has 28 nitrogen and oxygen atoms in total. The van der Waals surface area contributed by atoms with Gasteiger partial charge in [-0.3, -0.25) is 48.1 Å². The number of rotatable bonds is 26. The molecule has 6 atom stereocenters. The van der Waals surface area contributed by atoms with Gasteiger partial charge in [0, 0.05) is 144 Å². The minimum Gasteiger partial charge on any atom is -0.493 e. The van der Waals surface area contributed by atoms with Gasteiger partial charge in [0.25, 0.3) is 35.1 Å². The fourth-order valence-electron chi connectivity index (χ4n) is 19.0. The average molecular weight is 1780 g/mol. The van der Waals surface area contributed by atoms with Crippen LogP contribution in [0.3, 0.4) is 0 Å². The zero-order valence-electron chi connectivity index (χ0n) is 75.6. The van der Waals surface area contributed by atoms with E-state index in [2.05, 4.69) is 87.3 Å². The lowest BCUT2D eigenvalue weighted by molar-refractivity contribution is -0.143. The smallest absolute Gasteiger partial charge is 0.295 e. The van der Waals surface area contributed by atoms with Crippen molar-refractivity contribution in [1.82, 2.24) is 39.3 Å². The number of methoxy groups -OCH3 is 9. The van der Waals surface area contributed by atoms with Crippen LogP contribution in [0.5, 0.6) is 51.7 Å². The highest BCUT2D eigenvalue weighted by atomic mass is 16.5. The molecule has 7 heterocycles. The minimum absolute atomic E-state index is 0.0578. The Morgan fingerprint density at radius 1 is 0.305 bits per heavy atom. The quantitative estimate of drug-likeness (QED) is 0.0360. The van der Waals surface area contributed by atoms with E-state index < -0.39 is 53.2 Å². The molecule has 16 rings (SSSR count). The Balaban J connectivity index is 0.000000159. The molecular formula is C103H112N10O18. The molecule has 0 N–H and O–H groups in total. The van der Waals surface area contributed by atoms with E-state index in [-0.39, 0.29) is 99.2 Å². The van der Waals surface area contributed by atoms with Crippen molar-refractivity contribution in [3.05, 3.63) is 287 Å². The predicted molar refractivity (Wildman–Crippen MR) is 495 cm³/mol. The minimum atomic E-state index is -0.809. The number of para-hydroxylation sites is 1. The fraction of sp³-hybridized carbons (Fsp3) is 0.340. The second kappa shape index (κ2) is 43.2. The van der Waals surface area contributed by atoms with E-state index in [0.29, 0.717) is 128 Å². The van der Waals surface area contributed by atoms with Gasteiger partial charge >= 0.3 is 0 Å². The van der Waals surface area contributed by atoms with Crippen molar-refractivity contribution in [2.45, 2.75) is 68.1 Å². The molecule has 1 aromatic heterocycles. The SMILES string of the molecule is COc1cc(C(=O)C(=O)N2CC[C@H](c3ccccc3)[C@H]2C(=O)N2CCN(C(c3ccccc3)c3ccccc3)CC2)cc(OC)c1OC.COc1cc(C(=O)C(=O)N2CC[C@H](c3ccccc3)[C@H]2C(=O)N2CCN(c3ccccc3C)CC2)cc(OC)c1OC.COc1cc(C(=O)C(=O)N2CC[C@H](c3ccccc3)[C@H]2C(=O)N2CCN(c3ccccn3)CC2)cc(OC)c1OC. The Kier molecular flexibility index (Phi) is 30.6. The normalized spacial score (nSPS) is 18.4. The van der Waals surface area contributed by atoms with E-state index in [9.17, 15) is 43.2 Å². The van der Waals surface area contributed by atoms with E-state index in [0.717, 1.165) is 22.5 Å². The highest BCUT2D eigenvalue weighted by molar-refractivity contribution is 6.44. The summed E-state index contributed by atoms with van der Waals surface area (Å²) in [7, 11) is 13.1. The van der Waals surface area contributed by atoms with E-state index in [1.54, 1.807) is 11.1 Å². The van der Waals surface area contributed by atoms with E-state index in [1.807, 2.05) is 143 Å². The molecule has 6 aliphatic rings. The first-order valence-electron chi connectivity index (χ1n) is 44.1. The van der Waals surface area contributed by atoms with Crippen molar-refractivity contribution < 1.29 is 85.8 Å². The fourth-order valence-corrected chi connectivity index (χ4v) is 19.0. The van der Waals surface area contributed by atoms with Gasteiger partial charge < -0.3 is 81.8 Å². The number of benzene rings is 9. The molecule has 131 heavy (non-hydrogen) atoms. The molecule has 10 aromatic rings. The zero-order chi connectivity index (χ0) is 92.4. The van der Waals surface area contributed by atoms with Crippen molar-refractivity contribution in [1.29, 1.82) is 0 Å². The topological polar surface area (TPSA) is 279 Å². The summed E-state index contributed by atoms with van der Waals surface area (Å²) in [5.74, 6) is -2.03. The maximum atomic E-state index is 14.5. The number of hydrogen-bond acceptors (Lipinski definition) is 22. The van der Waals surface area contributed by atoms with E-state index >= 15 is 0 Å². The Hall–Kier alpha value is -14.3. The molecule has 28 heteroatoms. The number of nitrogens with zero attached hydrogens (tertiary/aromatic N) is 10. The molecule has 6 amide bonds. The number of pyridine rings is 1. The van der Waals surface area contributed by atoms with Crippen molar-refractivity contribution in [2.75, 3.05) is 172 Å². The van der Waals surface area contributed by atoms with Crippen LogP contribution in [0.2, 0.25) is 0 Å². The first-order valence-corrected chi connectivity index (χ1v) is 44.1. The maximum absolute atomic E-state index is 14.5. The number of ether oxygens (including phenoxy) is 9. The lowest BCUT2D eigenvalue weighted by Crippen LogP contribution is -2.56. The molecule has 0 radical (unpaired) electrons. The molecular weight excluding hydrogens is 1670 g/mol. The molecule has 6 fully saturated rings. The summed E-state index contributed by atoms with van der Waals surface area (Å²) < 4.78 is 48.5. The molecule has 6 aliphatic heterocycles. The summed E-state index contributed by atoms with van der Waals surface area (Å²) in [6.45, 7) is 10.0. The summed E-state index contributed by atoms with van der Waals surface area (Å²) >= 11 is 0. The zero-order valence-corrected chi connectivity index (χ0v) is 75.6. The number of ketones is 3. The number of aryl methyl sites for hydroxylation is 1. The molecule has 682 valence electrons. The van der Waals surface area contributed by atoms with Crippen LogP contribution in [-0.4, -0.2) is 272 Å². The molecule has 0 bridgehead atoms.